The van der Waals surface area contributed by atoms with Gasteiger partial charge in [-0.1, -0.05) is 13.8 Å². The highest BCUT2D eigenvalue weighted by Crippen LogP contribution is 2.23. The van der Waals surface area contributed by atoms with Crippen LogP contribution in [0.5, 0.6) is 0 Å². The van der Waals surface area contributed by atoms with E-state index in [0.717, 1.165) is 6.42 Å². The smallest absolute Gasteiger partial charge is 0.349 e. The minimum Gasteiger partial charge on any atom is -0.427 e. The van der Waals surface area contributed by atoms with Crippen molar-refractivity contribution in [3.8, 4) is 0 Å². The molecule has 1 aromatic heterocycles. The van der Waals surface area contributed by atoms with Crippen LogP contribution in [0.3, 0.4) is 0 Å². The summed E-state index contributed by atoms with van der Waals surface area (Å²) in [4.78, 5) is 29.0. The lowest BCUT2D eigenvalue weighted by Gasteiger charge is -2.23. The molecular weight excluding hydrogens is 320 g/mol. The third kappa shape index (κ3) is 4.50. The molecule has 0 aromatic carbocycles. The Bertz CT molecular complexity index is 666. The lowest BCUT2D eigenvalue weighted by atomic mass is 10.0. The molecule has 1 amide bonds. The molecule has 1 N–H and O–H groups in total. The Morgan fingerprint density at radius 2 is 2.12 bits per heavy atom. The van der Waals surface area contributed by atoms with Crippen LogP contribution in [0.25, 0.3) is 0 Å². The first kappa shape index (κ1) is 19.7. The highest BCUT2D eigenvalue weighted by atomic mass is 16.4. The molecule has 1 fully saturated rings. The van der Waals surface area contributed by atoms with Gasteiger partial charge in [-0.05, 0) is 51.4 Å². The van der Waals surface area contributed by atoms with Crippen molar-refractivity contribution in [3.05, 3.63) is 33.4 Å². The summed E-state index contributed by atoms with van der Waals surface area (Å²) in [7, 11) is 3.91. The topological polar surface area (TPSA) is 74.0 Å². The first-order valence-electron chi connectivity index (χ1n) is 8.96. The van der Waals surface area contributed by atoms with Crippen molar-refractivity contribution in [3.63, 3.8) is 0 Å². The van der Waals surface area contributed by atoms with Crippen molar-refractivity contribution in [2.75, 3.05) is 27.2 Å². The van der Waals surface area contributed by atoms with Crippen LogP contribution < -0.4 is 5.63 Å². The van der Waals surface area contributed by atoms with Gasteiger partial charge in [-0.15, -0.1) is 0 Å². The van der Waals surface area contributed by atoms with Crippen LogP contribution in [0.4, 0.5) is 0 Å². The molecule has 6 heteroatoms. The van der Waals surface area contributed by atoms with Gasteiger partial charge in [0.2, 0.25) is 0 Å². The number of hydrogen-bond donors (Lipinski definition) is 1. The summed E-state index contributed by atoms with van der Waals surface area (Å²) in [5, 5.41) is 9.62. The molecule has 0 spiro atoms. The molecule has 0 unspecified atom stereocenters. The Hall–Kier alpha value is -1.66. The zero-order valence-corrected chi connectivity index (χ0v) is 15.9. The number of nitrogens with zero attached hydrogens (tertiary/aromatic N) is 2. The van der Waals surface area contributed by atoms with Crippen molar-refractivity contribution in [2.24, 2.45) is 5.92 Å². The second kappa shape index (κ2) is 8.15. The molecule has 25 heavy (non-hydrogen) atoms. The van der Waals surface area contributed by atoms with E-state index in [4.69, 9.17) is 4.42 Å². The van der Waals surface area contributed by atoms with Crippen LogP contribution >= 0.6 is 0 Å². The van der Waals surface area contributed by atoms with Gasteiger partial charge in [0.25, 0.3) is 5.91 Å². The zero-order chi connectivity index (χ0) is 18.7. The normalized spacial score (nSPS) is 20.7. The lowest BCUT2D eigenvalue weighted by Crippen LogP contribution is -2.41. The predicted molar refractivity (Wildman–Crippen MR) is 96.9 cm³/mol. The molecule has 1 aromatic rings. The quantitative estimate of drug-likeness (QED) is 0.845. The Labute approximate surface area is 149 Å². The van der Waals surface area contributed by atoms with E-state index in [0.29, 0.717) is 36.6 Å². The van der Waals surface area contributed by atoms with Crippen molar-refractivity contribution < 1.29 is 14.3 Å². The standard InChI is InChI=1S/C19H30N2O4/c1-12(2)6-7-16-8-13(3)17(19(24)25-16)18(23)21-10-14(20(4)5)9-15(21)11-22/h8,12,14-15,22H,6-7,9-11H2,1-5H3/t14-,15-/m0/s1. The number of amides is 1. The van der Waals surface area contributed by atoms with E-state index in [2.05, 4.69) is 13.8 Å². The number of rotatable bonds is 6. The van der Waals surface area contributed by atoms with E-state index >= 15 is 0 Å². The van der Waals surface area contributed by atoms with Crippen LogP contribution in [-0.2, 0) is 6.42 Å². The third-order valence-corrected chi connectivity index (χ3v) is 4.98. The van der Waals surface area contributed by atoms with Crippen molar-refractivity contribution in [2.45, 2.75) is 52.1 Å². The van der Waals surface area contributed by atoms with Crippen molar-refractivity contribution >= 4 is 5.91 Å². The first-order chi connectivity index (χ1) is 11.7. The zero-order valence-electron chi connectivity index (χ0n) is 15.9. The van der Waals surface area contributed by atoms with E-state index in [1.165, 1.54) is 0 Å². The average molecular weight is 350 g/mol. The first-order valence-corrected chi connectivity index (χ1v) is 8.96. The molecule has 2 atom stereocenters. The van der Waals surface area contributed by atoms with Crippen LogP contribution in [-0.4, -0.2) is 60.1 Å². The maximum atomic E-state index is 12.9. The number of hydrogen-bond acceptors (Lipinski definition) is 5. The average Bonchev–Trinajstić information content (AvgIpc) is 2.96. The van der Waals surface area contributed by atoms with Crippen LogP contribution in [0, 0.1) is 12.8 Å². The largest absolute Gasteiger partial charge is 0.427 e. The number of likely N-dealkylation sites (tertiary alicyclic amines) is 1. The lowest BCUT2D eigenvalue weighted by molar-refractivity contribution is 0.0667. The second-order valence-corrected chi connectivity index (χ2v) is 7.64. The molecule has 0 aliphatic carbocycles. The van der Waals surface area contributed by atoms with Gasteiger partial charge in [0, 0.05) is 19.0 Å². The fourth-order valence-corrected chi connectivity index (χ4v) is 3.32. The number of aryl methyl sites for hydroxylation is 2. The second-order valence-electron chi connectivity index (χ2n) is 7.64. The molecule has 0 radical (unpaired) electrons. The van der Waals surface area contributed by atoms with Crippen molar-refractivity contribution in [1.82, 2.24) is 9.80 Å². The Morgan fingerprint density at radius 3 is 2.64 bits per heavy atom. The van der Waals surface area contributed by atoms with E-state index < -0.39 is 5.63 Å². The van der Waals surface area contributed by atoms with Crippen LogP contribution in [0.1, 0.15) is 48.4 Å². The molecule has 0 saturated carbocycles. The summed E-state index contributed by atoms with van der Waals surface area (Å²) in [6.45, 7) is 6.41. The van der Waals surface area contributed by atoms with E-state index in [1.807, 2.05) is 19.0 Å². The van der Waals surface area contributed by atoms with E-state index in [9.17, 15) is 14.7 Å². The summed E-state index contributed by atoms with van der Waals surface area (Å²) in [5.41, 5.74) is 0.157. The molecule has 2 rings (SSSR count). The van der Waals surface area contributed by atoms with E-state index in [-0.39, 0.29) is 30.2 Å². The maximum Gasteiger partial charge on any atom is 0.349 e. The Kier molecular flexibility index (Phi) is 6.41. The third-order valence-electron chi connectivity index (χ3n) is 4.98. The van der Waals surface area contributed by atoms with Gasteiger partial charge in [-0.25, -0.2) is 4.79 Å². The Morgan fingerprint density at radius 1 is 1.44 bits per heavy atom. The summed E-state index contributed by atoms with van der Waals surface area (Å²) < 4.78 is 5.39. The number of likely N-dealkylation sites (N-methyl/N-ethyl adjacent to an activating group) is 1. The molecule has 0 bridgehead atoms. The van der Waals surface area contributed by atoms with Gasteiger partial charge in [0.15, 0.2) is 0 Å². The minimum atomic E-state index is -0.575. The highest BCUT2D eigenvalue weighted by molar-refractivity contribution is 5.95. The minimum absolute atomic E-state index is 0.0890. The Balaban J connectivity index is 2.25. The maximum absolute atomic E-state index is 12.9. The molecule has 2 heterocycles. The van der Waals surface area contributed by atoms with Gasteiger partial charge in [-0.3, -0.25) is 4.79 Å². The summed E-state index contributed by atoms with van der Waals surface area (Å²) in [6, 6.07) is 1.71. The SMILES string of the molecule is Cc1cc(CCC(C)C)oc(=O)c1C(=O)N1C[C@@H](N(C)C)C[C@H]1CO. The van der Waals surface area contributed by atoms with E-state index in [1.54, 1.807) is 17.9 Å². The molecule has 1 aliphatic rings. The van der Waals surface area contributed by atoms with Crippen molar-refractivity contribution in [1.29, 1.82) is 0 Å². The summed E-state index contributed by atoms with van der Waals surface area (Å²) in [5.74, 6) is 0.800. The molecule has 1 saturated heterocycles. The van der Waals surface area contributed by atoms with Gasteiger partial charge in [-0.2, -0.15) is 0 Å². The molecular formula is C19H30N2O4. The van der Waals surface area contributed by atoms with Gasteiger partial charge >= 0.3 is 5.63 Å². The summed E-state index contributed by atoms with van der Waals surface area (Å²) >= 11 is 0. The molecule has 6 nitrogen and oxygen atoms in total. The highest BCUT2D eigenvalue weighted by Gasteiger charge is 2.37. The number of aliphatic hydroxyl groups excluding tert-OH is 1. The predicted octanol–water partition coefficient (Wildman–Crippen LogP) is 1.67. The summed E-state index contributed by atoms with van der Waals surface area (Å²) in [6.07, 6.45) is 2.32. The molecule has 140 valence electrons. The van der Waals surface area contributed by atoms with Crippen LogP contribution in [0.2, 0.25) is 0 Å². The van der Waals surface area contributed by atoms with Gasteiger partial charge < -0.3 is 19.3 Å². The number of carbonyl (C=O) groups is 1. The molecule has 1 aliphatic heterocycles. The van der Waals surface area contributed by atoms with Gasteiger partial charge in [0.05, 0.1) is 12.6 Å². The van der Waals surface area contributed by atoms with Gasteiger partial charge in [0.1, 0.15) is 11.3 Å². The monoisotopic (exact) mass is 350 g/mol. The van der Waals surface area contributed by atoms with Crippen LogP contribution in [0.15, 0.2) is 15.3 Å². The number of aliphatic hydroxyl groups is 1. The fourth-order valence-electron chi connectivity index (χ4n) is 3.32. The fraction of sp³-hybridized carbons (Fsp3) is 0.684. The number of carbonyl (C=O) groups excluding carboxylic acids is 1.